The summed E-state index contributed by atoms with van der Waals surface area (Å²) in [6.07, 6.45) is -0.935. The van der Waals surface area contributed by atoms with Crippen molar-refractivity contribution in [2.45, 2.75) is 57.5 Å². The topological polar surface area (TPSA) is 9.23 Å². The lowest BCUT2D eigenvalue weighted by atomic mass is 9.77. The van der Waals surface area contributed by atoms with E-state index in [-0.39, 0.29) is 5.75 Å². The molecule has 1 saturated carbocycles. The van der Waals surface area contributed by atoms with Crippen LogP contribution in [0.3, 0.4) is 0 Å². The molecule has 0 saturated heterocycles. The van der Waals surface area contributed by atoms with Crippen molar-refractivity contribution in [1.29, 1.82) is 0 Å². The van der Waals surface area contributed by atoms with E-state index in [1.807, 2.05) is 0 Å². The monoisotopic (exact) mass is 348 g/mol. The van der Waals surface area contributed by atoms with Crippen LogP contribution in [0.25, 0.3) is 0 Å². The minimum atomic E-state index is -4.67. The van der Waals surface area contributed by atoms with E-state index in [0.29, 0.717) is 5.92 Å². The number of rotatable bonds is 6. The van der Waals surface area contributed by atoms with Crippen molar-refractivity contribution in [2.24, 2.45) is 5.92 Å². The molecule has 0 aliphatic heterocycles. The summed E-state index contributed by atoms with van der Waals surface area (Å²) in [5.74, 6) is -2.08. The van der Waals surface area contributed by atoms with Crippen molar-refractivity contribution in [3.05, 3.63) is 41.7 Å². The molecule has 134 valence electrons. The molecule has 1 aliphatic carbocycles. The Labute approximate surface area is 138 Å². The summed E-state index contributed by atoms with van der Waals surface area (Å²) in [6, 6.07) is 5.82. The first-order chi connectivity index (χ1) is 11.3. The van der Waals surface area contributed by atoms with Gasteiger partial charge in [-0.1, -0.05) is 31.9 Å². The number of hydrogen-bond acceptors (Lipinski definition) is 1. The van der Waals surface area contributed by atoms with Crippen LogP contribution in [0, 0.1) is 5.92 Å². The molecule has 0 aromatic heterocycles. The predicted octanol–water partition coefficient (Wildman–Crippen LogP) is 6.81. The summed E-state index contributed by atoms with van der Waals surface area (Å²) in [4.78, 5) is 0. The largest absolute Gasteiger partial charge is 0.459 e. The van der Waals surface area contributed by atoms with Crippen LogP contribution in [0.2, 0.25) is 0 Å². The van der Waals surface area contributed by atoms with Gasteiger partial charge in [0.2, 0.25) is 0 Å². The number of benzene rings is 1. The standard InChI is InChI=1S/C18H21F5O/c1-2-3-12-4-6-13(7-5-12)14-8-10-15(11-9-14)24-18(22,23)16(19)17(20)21/h8-13H,2-7H2,1H3. The van der Waals surface area contributed by atoms with Crippen molar-refractivity contribution in [2.75, 3.05) is 0 Å². The second-order valence-corrected chi connectivity index (χ2v) is 6.27. The van der Waals surface area contributed by atoms with E-state index in [4.69, 9.17) is 0 Å². The van der Waals surface area contributed by atoms with E-state index >= 15 is 0 Å². The van der Waals surface area contributed by atoms with Gasteiger partial charge >= 0.3 is 12.2 Å². The Morgan fingerprint density at radius 2 is 1.62 bits per heavy atom. The maximum atomic E-state index is 13.2. The van der Waals surface area contributed by atoms with Crippen molar-refractivity contribution in [3.8, 4) is 5.75 Å². The van der Waals surface area contributed by atoms with Crippen LogP contribution in [-0.2, 0) is 0 Å². The summed E-state index contributed by atoms with van der Waals surface area (Å²) >= 11 is 0. The average Bonchev–Trinajstić information content (AvgIpc) is 2.55. The Morgan fingerprint density at radius 3 is 2.12 bits per heavy atom. The Hall–Kier alpha value is -1.59. The minimum Gasteiger partial charge on any atom is -0.427 e. The molecule has 6 heteroatoms. The van der Waals surface area contributed by atoms with Crippen molar-refractivity contribution < 1.29 is 26.7 Å². The predicted molar refractivity (Wildman–Crippen MR) is 82.0 cm³/mol. The molecule has 1 aromatic carbocycles. The molecule has 2 rings (SSSR count). The summed E-state index contributed by atoms with van der Waals surface area (Å²) in [5.41, 5.74) is 1.01. The van der Waals surface area contributed by atoms with Gasteiger partial charge in [0.25, 0.3) is 5.83 Å². The quantitative estimate of drug-likeness (QED) is 0.513. The van der Waals surface area contributed by atoms with Crippen LogP contribution in [0.15, 0.2) is 36.2 Å². The van der Waals surface area contributed by atoms with Crippen molar-refractivity contribution in [1.82, 2.24) is 0 Å². The summed E-state index contributed by atoms with van der Waals surface area (Å²) < 4.78 is 67.1. The van der Waals surface area contributed by atoms with Gasteiger partial charge in [0.15, 0.2) is 0 Å². The molecule has 24 heavy (non-hydrogen) atoms. The molecule has 0 N–H and O–H groups in total. The zero-order chi connectivity index (χ0) is 17.7. The van der Waals surface area contributed by atoms with Crippen molar-refractivity contribution >= 4 is 0 Å². The average molecular weight is 348 g/mol. The third-order valence-corrected chi connectivity index (χ3v) is 4.56. The fraction of sp³-hybridized carbons (Fsp3) is 0.556. The summed E-state index contributed by atoms with van der Waals surface area (Å²) in [6.45, 7) is 2.17. The van der Waals surface area contributed by atoms with Crippen LogP contribution in [-0.4, -0.2) is 6.11 Å². The lowest BCUT2D eigenvalue weighted by Gasteiger charge is -2.28. The third-order valence-electron chi connectivity index (χ3n) is 4.56. The Balaban J connectivity index is 1.98. The van der Waals surface area contributed by atoms with Gasteiger partial charge in [-0.2, -0.15) is 22.0 Å². The van der Waals surface area contributed by atoms with Crippen molar-refractivity contribution in [3.63, 3.8) is 0 Å². The van der Waals surface area contributed by atoms with E-state index < -0.39 is 18.0 Å². The first-order valence-corrected chi connectivity index (χ1v) is 8.21. The van der Waals surface area contributed by atoms with Crippen LogP contribution < -0.4 is 4.74 Å². The van der Waals surface area contributed by atoms with Crippen LogP contribution in [0.4, 0.5) is 22.0 Å². The van der Waals surface area contributed by atoms with Gasteiger partial charge in [0.05, 0.1) is 0 Å². The van der Waals surface area contributed by atoms with E-state index in [2.05, 4.69) is 11.7 Å². The molecule has 0 radical (unpaired) electrons. The highest BCUT2D eigenvalue weighted by Crippen LogP contribution is 2.38. The Bertz CT molecular complexity index is 555. The molecular formula is C18H21F5O. The molecule has 0 unspecified atom stereocenters. The third kappa shape index (κ3) is 4.71. The van der Waals surface area contributed by atoms with E-state index in [9.17, 15) is 22.0 Å². The van der Waals surface area contributed by atoms with E-state index in [1.165, 1.54) is 25.0 Å². The van der Waals surface area contributed by atoms with Gasteiger partial charge in [0.1, 0.15) is 5.75 Å². The highest BCUT2D eigenvalue weighted by molar-refractivity contribution is 5.30. The van der Waals surface area contributed by atoms with Gasteiger partial charge in [-0.3, -0.25) is 0 Å². The molecule has 0 heterocycles. The zero-order valence-electron chi connectivity index (χ0n) is 13.5. The highest BCUT2D eigenvalue weighted by atomic mass is 19.3. The lowest BCUT2D eigenvalue weighted by Crippen LogP contribution is -2.26. The maximum Gasteiger partial charge on any atom is 0.459 e. The number of ether oxygens (including phenoxy) is 1. The van der Waals surface area contributed by atoms with E-state index in [1.54, 1.807) is 12.1 Å². The molecule has 0 spiro atoms. The summed E-state index contributed by atoms with van der Waals surface area (Å²) in [5, 5.41) is 0. The first-order valence-electron chi connectivity index (χ1n) is 8.21. The molecule has 1 fully saturated rings. The molecule has 0 bridgehead atoms. The Morgan fingerprint density at radius 1 is 1.04 bits per heavy atom. The van der Waals surface area contributed by atoms with E-state index in [0.717, 1.165) is 37.2 Å². The normalized spacial score (nSPS) is 21.4. The second kappa shape index (κ2) is 7.99. The fourth-order valence-electron chi connectivity index (χ4n) is 3.30. The van der Waals surface area contributed by atoms with Gasteiger partial charge in [-0.15, -0.1) is 0 Å². The minimum absolute atomic E-state index is 0.347. The molecule has 1 aromatic rings. The second-order valence-electron chi connectivity index (χ2n) is 6.27. The maximum absolute atomic E-state index is 13.2. The molecule has 0 atom stereocenters. The number of hydrogen-bond donors (Lipinski definition) is 0. The zero-order valence-corrected chi connectivity index (χ0v) is 13.5. The molecular weight excluding hydrogens is 327 g/mol. The lowest BCUT2D eigenvalue weighted by molar-refractivity contribution is -0.159. The van der Waals surface area contributed by atoms with Gasteiger partial charge in [-0.25, -0.2) is 0 Å². The van der Waals surface area contributed by atoms with Crippen LogP contribution >= 0.6 is 0 Å². The smallest absolute Gasteiger partial charge is 0.427 e. The van der Waals surface area contributed by atoms with Gasteiger partial charge in [-0.05, 0) is 55.2 Å². The highest BCUT2D eigenvalue weighted by Gasteiger charge is 2.42. The first kappa shape index (κ1) is 18.7. The summed E-state index contributed by atoms with van der Waals surface area (Å²) in [7, 11) is 0. The number of halogens is 5. The number of alkyl halides is 2. The van der Waals surface area contributed by atoms with Crippen LogP contribution in [0.5, 0.6) is 5.75 Å². The molecule has 1 nitrogen and oxygen atoms in total. The Kier molecular flexibility index (Phi) is 6.24. The molecule has 0 amide bonds. The van der Waals surface area contributed by atoms with Gasteiger partial charge in [0, 0.05) is 0 Å². The van der Waals surface area contributed by atoms with Crippen LogP contribution in [0.1, 0.15) is 56.9 Å². The fourth-order valence-corrected chi connectivity index (χ4v) is 3.30. The molecule has 1 aliphatic rings. The van der Waals surface area contributed by atoms with Gasteiger partial charge < -0.3 is 4.74 Å². The SMILES string of the molecule is CCCC1CCC(c2ccc(OC(F)(F)C(F)=C(F)F)cc2)CC1.